The van der Waals surface area contributed by atoms with Gasteiger partial charge in [0.25, 0.3) is 0 Å². The fourth-order valence-electron chi connectivity index (χ4n) is 2.45. The molecule has 2 aromatic carbocycles. The van der Waals surface area contributed by atoms with Gasteiger partial charge in [0.05, 0.1) is 6.61 Å². The summed E-state index contributed by atoms with van der Waals surface area (Å²) in [6, 6.07) is 14.1. The van der Waals surface area contributed by atoms with Crippen LogP contribution in [0.15, 0.2) is 53.0 Å². The standard InChI is InChI=1S/C22H26BrNO3/c1-22(2,3)18-7-4-16(5-8-18)15-27-20-10-9-19(23)14-17(20)6-11-21(26)24-12-13-25/h4-11,14,25H,12-13,15H2,1-3H3,(H,24,26)/b11-6+. The van der Waals surface area contributed by atoms with E-state index in [4.69, 9.17) is 9.84 Å². The molecular formula is C22H26BrNO3. The lowest BCUT2D eigenvalue weighted by Gasteiger charge is -2.19. The zero-order valence-electron chi connectivity index (χ0n) is 16.0. The molecule has 0 aromatic heterocycles. The predicted octanol–water partition coefficient (Wildman–Crippen LogP) is 4.45. The number of carbonyl (C=O) groups excluding carboxylic acids is 1. The number of hydrogen-bond acceptors (Lipinski definition) is 3. The van der Waals surface area contributed by atoms with Crippen molar-refractivity contribution >= 4 is 27.9 Å². The molecule has 0 radical (unpaired) electrons. The van der Waals surface area contributed by atoms with Crippen LogP contribution in [0.2, 0.25) is 0 Å². The van der Waals surface area contributed by atoms with Crippen molar-refractivity contribution < 1.29 is 14.6 Å². The van der Waals surface area contributed by atoms with Crippen LogP contribution in [-0.2, 0) is 16.8 Å². The van der Waals surface area contributed by atoms with Gasteiger partial charge < -0.3 is 15.2 Å². The van der Waals surface area contributed by atoms with Gasteiger partial charge in [-0.25, -0.2) is 0 Å². The molecule has 0 bridgehead atoms. The van der Waals surface area contributed by atoms with Crippen molar-refractivity contribution in [1.29, 1.82) is 0 Å². The Morgan fingerprint density at radius 2 is 1.89 bits per heavy atom. The van der Waals surface area contributed by atoms with E-state index in [9.17, 15) is 4.79 Å². The molecule has 0 fully saturated rings. The lowest BCUT2D eigenvalue weighted by atomic mass is 9.87. The predicted molar refractivity (Wildman–Crippen MR) is 113 cm³/mol. The van der Waals surface area contributed by atoms with Gasteiger partial charge in [0.1, 0.15) is 12.4 Å². The number of hydrogen-bond donors (Lipinski definition) is 2. The molecule has 4 nitrogen and oxygen atoms in total. The zero-order valence-corrected chi connectivity index (χ0v) is 17.5. The topological polar surface area (TPSA) is 58.6 Å². The highest BCUT2D eigenvalue weighted by Crippen LogP contribution is 2.26. The van der Waals surface area contributed by atoms with Crippen LogP contribution in [0.3, 0.4) is 0 Å². The Kier molecular flexibility index (Phi) is 7.63. The fourth-order valence-corrected chi connectivity index (χ4v) is 2.83. The van der Waals surface area contributed by atoms with E-state index < -0.39 is 0 Å². The van der Waals surface area contributed by atoms with Crippen molar-refractivity contribution in [2.45, 2.75) is 32.8 Å². The average molecular weight is 432 g/mol. The number of aliphatic hydroxyl groups is 1. The first-order valence-corrected chi connectivity index (χ1v) is 9.67. The second kappa shape index (κ2) is 9.72. The lowest BCUT2D eigenvalue weighted by Crippen LogP contribution is -2.24. The highest BCUT2D eigenvalue weighted by Gasteiger charge is 2.13. The number of halogens is 1. The van der Waals surface area contributed by atoms with Crippen molar-refractivity contribution in [3.05, 3.63) is 69.7 Å². The van der Waals surface area contributed by atoms with Crippen LogP contribution in [0.4, 0.5) is 0 Å². The van der Waals surface area contributed by atoms with Crippen LogP contribution < -0.4 is 10.1 Å². The number of carbonyl (C=O) groups is 1. The van der Waals surface area contributed by atoms with E-state index in [2.05, 4.69) is 66.3 Å². The van der Waals surface area contributed by atoms with E-state index in [-0.39, 0.29) is 24.5 Å². The number of ether oxygens (including phenoxy) is 1. The Bertz CT molecular complexity index is 792. The van der Waals surface area contributed by atoms with Crippen molar-refractivity contribution in [1.82, 2.24) is 5.32 Å². The molecule has 0 aliphatic rings. The van der Waals surface area contributed by atoms with Crippen LogP contribution in [0, 0.1) is 0 Å². The van der Waals surface area contributed by atoms with Crippen LogP contribution in [0.25, 0.3) is 6.08 Å². The molecule has 0 saturated carbocycles. The number of rotatable bonds is 7. The van der Waals surface area contributed by atoms with Gasteiger partial charge in [-0.15, -0.1) is 0 Å². The quantitative estimate of drug-likeness (QED) is 0.636. The van der Waals surface area contributed by atoms with Gasteiger partial charge in [-0.05, 0) is 40.8 Å². The number of aliphatic hydroxyl groups excluding tert-OH is 1. The minimum atomic E-state index is -0.257. The van der Waals surface area contributed by atoms with Gasteiger partial charge in [0.2, 0.25) is 5.91 Å². The van der Waals surface area contributed by atoms with Crippen LogP contribution in [0.1, 0.15) is 37.5 Å². The van der Waals surface area contributed by atoms with Gasteiger partial charge in [-0.3, -0.25) is 4.79 Å². The Morgan fingerprint density at radius 1 is 1.19 bits per heavy atom. The number of amides is 1. The van der Waals surface area contributed by atoms with Crippen molar-refractivity contribution in [3.63, 3.8) is 0 Å². The summed E-state index contributed by atoms with van der Waals surface area (Å²) in [4.78, 5) is 11.7. The molecule has 5 heteroatoms. The summed E-state index contributed by atoms with van der Waals surface area (Å²) in [6.45, 7) is 7.17. The summed E-state index contributed by atoms with van der Waals surface area (Å²) >= 11 is 3.44. The van der Waals surface area contributed by atoms with Crippen molar-refractivity contribution in [2.24, 2.45) is 0 Å². The van der Waals surface area contributed by atoms with Crippen molar-refractivity contribution in [3.8, 4) is 5.75 Å². The summed E-state index contributed by atoms with van der Waals surface area (Å²) in [6.07, 6.45) is 3.14. The van der Waals surface area contributed by atoms with Crippen LogP contribution in [0.5, 0.6) is 5.75 Å². The monoisotopic (exact) mass is 431 g/mol. The van der Waals surface area contributed by atoms with Gasteiger partial charge in [0.15, 0.2) is 0 Å². The van der Waals surface area contributed by atoms with Crippen molar-refractivity contribution in [2.75, 3.05) is 13.2 Å². The molecule has 0 atom stereocenters. The molecule has 0 aliphatic carbocycles. The van der Waals surface area contributed by atoms with Gasteiger partial charge in [-0.1, -0.05) is 61.0 Å². The molecule has 2 rings (SSSR count). The maximum absolute atomic E-state index is 11.7. The van der Waals surface area contributed by atoms with Crippen LogP contribution in [-0.4, -0.2) is 24.2 Å². The molecule has 0 unspecified atom stereocenters. The summed E-state index contributed by atoms with van der Waals surface area (Å²) in [5.74, 6) is 0.442. The third kappa shape index (κ3) is 6.85. The first-order chi connectivity index (χ1) is 12.8. The molecule has 0 spiro atoms. The third-order valence-electron chi connectivity index (χ3n) is 4.01. The molecule has 2 N–H and O–H groups in total. The summed E-state index contributed by atoms with van der Waals surface area (Å²) < 4.78 is 6.88. The molecule has 0 heterocycles. The van der Waals surface area contributed by atoms with Gasteiger partial charge in [-0.2, -0.15) is 0 Å². The SMILES string of the molecule is CC(C)(C)c1ccc(COc2ccc(Br)cc2/C=C/C(=O)NCCO)cc1. The minimum absolute atomic E-state index is 0.0845. The van der Waals surface area contributed by atoms with Gasteiger partial charge in [0, 0.05) is 22.7 Å². The molecule has 1 amide bonds. The second-order valence-corrected chi connectivity index (χ2v) is 8.18. The number of nitrogens with one attached hydrogen (secondary N) is 1. The molecule has 0 saturated heterocycles. The van der Waals surface area contributed by atoms with Gasteiger partial charge >= 0.3 is 0 Å². The molecule has 144 valence electrons. The largest absolute Gasteiger partial charge is 0.488 e. The molecule has 0 aliphatic heterocycles. The molecule has 27 heavy (non-hydrogen) atoms. The second-order valence-electron chi connectivity index (χ2n) is 7.27. The Morgan fingerprint density at radius 3 is 2.52 bits per heavy atom. The first kappa shape index (κ1) is 21.2. The zero-order chi connectivity index (χ0) is 19.9. The van der Waals surface area contributed by atoms with E-state index >= 15 is 0 Å². The number of benzene rings is 2. The maximum atomic E-state index is 11.7. The van der Waals surface area contributed by atoms with E-state index in [1.54, 1.807) is 6.08 Å². The lowest BCUT2D eigenvalue weighted by molar-refractivity contribution is -0.116. The molecular weight excluding hydrogens is 406 g/mol. The van der Waals surface area contributed by atoms with E-state index in [0.717, 1.165) is 15.6 Å². The minimum Gasteiger partial charge on any atom is -0.488 e. The average Bonchev–Trinajstić information content (AvgIpc) is 2.63. The Balaban J connectivity index is 2.08. The van der Waals surface area contributed by atoms with E-state index in [1.165, 1.54) is 11.6 Å². The summed E-state index contributed by atoms with van der Waals surface area (Å²) in [7, 11) is 0. The smallest absolute Gasteiger partial charge is 0.244 e. The Labute approximate surface area is 169 Å². The van der Waals surface area contributed by atoms with Crippen LogP contribution >= 0.6 is 15.9 Å². The maximum Gasteiger partial charge on any atom is 0.244 e. The highest BCUT2D eigenvalue weighted by molar-refractivity contribution is 9.10. The molecule has 2 aromatic rings. The Hall–Kier alpha value is -2.11. The summed E-state index contributed by atoms with van der Waals surface area (Å²) in [5, 5.41) is 11.3. The normalized spacial score (nSPS) is 11.6. The van der Waals surface area contributed by atoms with E-state index in [1.807, 2.05) is 18.2 Å². The summed E-state index contributed by atoms with van der Waals surface area (Å²) in [5.41, 5.74) is 3.29. The highest BCUT2D eigenvalue weighted by atomic mass is 79.9. The van der Waals surface area contributed by atoms with E-state index in [0.29, 0.717) is 12.4 Å². The first-order valence-electron chi connectivity index (χ1n) is 8.88. The third-order valence-corrected chi connectivity index (χ3v) is 4.50. The fraction of sp³-hybridized carbons (Fsp3) is 0.318.